The smallest absolute Gasteiger partial charge is 0.308 e. The number of nitrogens with zero attached hydrogens (tertiary/aromatic N) is 3. The normalized spacial score (nSPS) is 18.0. The molecule has 4 amide bonds. The van der Waals surface area contributed by atoms with Gasteiger partial charge in [-0.2, -0.15) is 0 Å². The van der Waals surface area contributed by atoms with Gasteiger partial charge in [-0.1, -0.05) is 42.5 Å². The van der Waals surface area contributed by atoms with Crippen molar-refractivity contribution in [2.75, 3.05) is 35.0 Å². The van der Waals surface area contributed by atoms with Crippen LogP contribution in [0.15, 0.2) is 72.9 Å². The van der Waals surface area contributed by atoms with Gasteiger partial charge in [-0.3, -0.25) is 29.0 Å². The largest absolute Gasteiger partial charge is 0.496 e. The molecule has 0 aliphatic carbocycles. The lowest BCUT2D eigenvalue weighted by molar-refractivity contribution is -0.163. The molecule has 2 saturated heterocycles. The van der Waals surface area contributed by atoms with Crippen LogP contribution >= 0.6 is 0 Å². The first-order valence-corrected chi connectivity index (χ1v) is 17.1. The highest BCUT2D eigenvalue weighted by atomic mass is 16.5. The lowest BCUT2D eigenvalue weighted by atomic mass is 10.0. The van der Waals surface area contributed by atoms with Gasteiger partial charge in [0.2, 0.25) is 17.7 Å². The number of carbonyl (C=O) groups is 5. The molecule has 2 fully saturated rings. The van der Waals surface area contributed by atoms with Crippen LogP contribution in [0.5, 0.6) is 17.2 Å². The van der Waals surface area contributed by atoms with Crippen molar-refractivity contribution in [3.8, 4) is 17.2 Å². The second-order valence-electron chi connectivity index (χ2n) is 12.9. The highest BCUT2D eigenvalue weighted by molar-refractivity contribution is 6.00. The first kappa shape index (κ1) is 36.6. The molecule has 276 valence electrons. The van der Waals surface area contributed by atoms with Crippen molar-refractivity contribution < 1.29 is 42.9 Å². The second kappa shape index (κ2) is 16.0. The third-order valence-electron chi connectivity index (χ3n) is 9.61. The SMILES string of the molecule is COC(=O)C[C@H]1C(=O)N2C[C@@H](NC(=O)c3cnc4ccccc4c3)CC2C(=O)N1Cc1ccc(CC(=O)NCc2c(OC)cc(OC)cc2OC)cc1. The van der Waals surface area contributed by atoms with Gasteiger partial charge in [0.05, 0.1) is 64.5 Å². The molecule has 0 saturated carbocycles. The van der Waals surface area contributed by atoms with Crippen molar-refractivity contribution in [1.29, 1.82) is 0 Å². The fourth-order valence-electron chi connectivity index (χ4n) is 6.82. The maximum atomic E-state index is 14.0. The number of methoxy groups -OCH3 is 4. The second-order valence-corrected chi connectivity index (χ2v) is 12.9. The van der Waals surface area contributed by atoms with Crippen LogP contribution in [0.4, 0.5) is 0 Å². The van der Waals surface area contributed by atoms with Crippen molar-refractivity contribution in [2.24, 2.45) is 0 Å². The van der Waals surface area contributed by atoms with E-state index >= 15 is 0 Å². The minimum Gasteiger partial charge on any atom is -0.496 e. The quantitative estimate of drug-likeness (QED) is 0.196. The highest BCUT2D eigenvalue weighted by Crippen LogP contribution is 2.34. The number of piperazine rings is 1. The predicted molar refractivity (Wildman–Crippen MR) is 192 cm³/mol. The van der Waals surface area contributed by atoms with Crippen LogP contribution in [-0.4, -0.2) is 97.5 Å². The number of hydrogen-bond acceptors (Lipinski definition) is 10. The Labute approximate surface area is 306 Å². The van der Waals surface area contributed by atoms with Gasteiger partial charge in [-0.25, -0.2) is 0 Å². The van der Waals surface area contributed by atoms with Gasteiger partial charge in [0.1, 0.15) is 29.3 Å². The molecule has 0 spiro atoms. The number of amides is 4. The first-order valence-electron chi connectivity index (χ1n) is 17.1. The number of pyridine rings is 1. The van der Waals surface area contributed by atoms with E-state index < -0.39 is 24.1 Å². The molecule has 1 unspecified atom stereocenters. The first-order chi connectivity index (χ1) is 25.6. The predicted octanol–water partition coefficient (Wildman–Crippen LogP) is 2.79. The van der Waals surface area contributed by atoms with E-state index in [1.807, 2.05) is 24.3 Å². The Balaban J connectivity index is 1.11. The van der Waals surface area contributed by atoms with Crippen LogP contribution in [0.1, 0.15) is 39.9 Å². The third kappa shape index (κ3) is 8.01. The minimum atomic E-state index is -1.08. The Morgan fingerprint density at radius 2 is 1.57 bits per heavy atom. The lowest BCUT2D eigenvalue weighted by Gasteiger charge is -2.41. The Bertz CT molecular complexity index is 2010. The summed E-state index contributed by atoms with van der Waals surface area (Å²) in [6.07, 6.45) is 1.50. The topological polar surface area (TPSA) is 166 Å². The Morgan fingerprint density at radius 1 is 0.868 bits per heavy atom. The van der Waals surface area contributed by atoms with Gasteiger partial charge >= 0.3 is 5.97 Å². The molecule has 0 bridgehead atoms. The summed E-state index contributed by atoms with van der Waals surface area (Å²) in [7, 11) is 5.82. The molecule has 1 aromatic heterocycles. The van der Waals surface area contributed by atoms with Crippen molar-refractivity contribution in [3.63, 3.8) is 0 Å². The zero-order valence-electron chi connectivity index (χ0n) is 29.9. The number of aromatic nitrogens is 1. The fraction of sp³-hybridized carbons (Fsp3) is 0.333. The number of hydrogen-bond donors (Lipinski definition) is 2. The summed E-state index contributed by atoms with van der Waals surface area (Å²) in [6.45, 7) is 0.353. The summed E-state index contributed by atoms with van der Waals surface area (Å²) in [5.41, 5.74) is 3.24. The van der Waals surface area contributed by atoms with Crippen LogP contribution in [0.3, 0.4) is 0 Å². The maximum absolute atomic E-state index is 14.0. The van der Waals surface area contributed by atoms with Crippen molar-refractivity contribution >= 4 is 40.5 Å². The third-order valence-corrected chi connectivity index (χ3v) is 9.61. The van der Waals surface area contributed by atoms with Gasteiger partial charge in [0.25, 0.3) is 5.91 Å². The number of ether oxygens (including phenoxy) is 4. The van der Waals surface area contributed by atoms with Gasteiger partial charge in [-0.15, -0.1) is 0 Å². The van der Waals surface area contributed by atoms with Crippen LogP contribution < -0.4 is 24.8 Å². The zero-order chi connectivity index (χ0) is 37.6. The molecule has 14 nitrogen and oxygen atoms in total. The fourth-order valence-corrected chi connectivity index (χ4v) is 6.82. The molecular weight excluding hydrogens is 682 g/mol. The van der Waals surface area contributed by atoms with Crippen LogP contribution in [-0.2, 0) is 43.4 Å². The average Bonchev–Trinajstić information content (AvgIpc) is 3.61. The standard InChI is InChI=1S/C39H41N5O9/c1-50-28-16-33(51-2)29(34(17-28)52-3)20-41-35(45)13-23-9-11-24(12-10-23)21-43-32(18-36(46)53-4)39(49)44-22-27(15-31(44)38(43)48)42-37(47)26-14-25-7-5-6-8-30(25)40-19-26/h5-12,14,16-17,19,27,31-32H,13,15,18,20-22H2,1-4H3,(H,41,45)(H,42,47)/t27-,31?,32-/m0/s1. The lowest BCUT2D eigenvalue weighted by Crippen LogP contribution is -2.62. The van der Waals surface area contributed by atoms with Crippen molar-refractivity contribution in [2.45, 2.75) is 50.5 Å². The summed E-state index contributed by atoms with van der Waals surface area (Å²) < 4.78 is 21.1. The number of rotatable bonds is 13. The summed E-state index contributed by atoms with van der Waals surface area (Å²) in [6, 6.07) is 17.4. The van der Waals surface area contributed by atoms with E-state index in [1.54, 1.807) is 49.6 Å². The van der Waals surface area contributed by atoms with E-state index in [0.29, 0.717) is 33.9 Å². The Morgan fingerprint density at radius 3 is 2.25 bits per heavy atom. The van der Waals surface area contributed by atoms with E-state index in [-0.39, 0.29) is 62.5 Å². The molecule has 3 aromatic carbocycles. The van der Waals surface area contributed by atoms with E-state index in [1.165, 1.54) is 37.3 Å². The van der Waals surface area contributed by atoms with Gasteiger partial charge in [0, 0.05) is 42.8 Å². The van der Waals surface area contributed by atoms with E-state index in [9.17, 15) is 24.0 Å². The molecule has 0 radical (unpaired) electrons. The zero-order valence-corrected chi connectivity index (χ0v) is 29.9. The number of carbonyl (C=O) groups excluding carboxylic acids is 5. The van der Waals surface area contributed by atoms with E-state index in [4.69, 9.17) is 18.9 Å². The summed E-state index contributed by atoms with van der Waals surface area (Å²) in [5, 5.41) is 6.68. The minimum absolute atomic E-state index is 0.0555. The van der Waals surface area contributed by atoms with Gasteiger partial charge in [0.15, 0.2) is 0 Å². The molecule has 2 N–H and O–H groups in total. The van der Waals surface area contributed by atoms with Crippen LogP contribution in [0.2, 0.25) is 0 Å². The number of benzene rings is 3. The van der Waals surface area contributed by atoms with E-state index in [2.05, 4.69) is 15.6 Å². The highest BCUT2D eigenvalue weighted by Gasteiger charge is 2.51. The number of fused-ring (bicyclic) bond motifs is 2. The maximum Gasteiger partial charge on any atom is 0.308 e. The molecule has 6 rings (SSSR count). The number of nitrogens with one attached hydrogen (secondary N) is 2. The van der Waals surface area contributed by atoms with E-state index in [0.717, 1.165) is 16.5 Å². The van der Waals surface area contributed by atoms with Crippen molar-refractivity contribution in [1.82, 2.24) is 25.4 Å². The number of esters is 1. The average molecular weight is 724 g/mol. The molecule has 2 aliphatic heterocycles. The Kier molecular flexibility index (Phi) is 11.1. The summed E-state index contributed by atoms with van der Waals surface area (Å²) in [4.78, 5) is 73.6. The molecule has 3 atom stereocenters. The monoisotopic (exact) mass is 723 g/mol. The molecule has 3 heterocycles. The molecule has 14 heteroatoms. The Hall–Kier alpha value is -6.18. The molecule has 2 aliphatic rings. The van der Waals surface area contributed by atoms with Crippen LogP contribution in [0.25, 0.3) is 10.9 Å². The van der Waals surface area contributed by atoms with Crippen molar-refractivity contribution in [3.05, 3.63) is 95.2 Å². The number of para-hydroxylation sites is 1. The summed E-state index contributed by atoms with van der Waals surface area (Å²) in [5.74, 6) is -0.331. The van der Waals surface area contributed by atoms with Gasteiger partial charge < -0.3 is 39.4 Å². The molecule has 53 heavy (non-hydrogen) atoms. The van der Waals surface area contributed by atoms with Gasteiger partial charge in [-0.05, 0) is 29.7 Å². The molecular formula is C39H41N5O9. The van der Waals surface area contributed by atoms with Crippen LogP contribution in [0, 0.1) is 0 Å². The molecule has 4 aromatic rings. The summed E-state index contributed by atoms with van der Waals surface area (Å²) >= 11 is 0.